The Morgan fingerprint density at radius 2 is 0.927 bits per heavy atom. The van der Waals surface area contributed by atoms with Crippen LogP contribution in [0.1, 0.15) is 82.4 Å². The van der Waals surface area contributed by atoms with E-state index in [2.05, 4.69) is 47.2 Å². The molecule has 9 amide bonds. The fourth-order valence-corrected chi connectivity index (χ4v) is 9.07. The normalized spacial score (nSPS) is 14.6. The van der Waals surface area contributed by atoms with E-state index in [0.717, 1.165) is 0 Å². The quantitative estimate of drug-likeness (QED) is 0.0222. The molecular weight excluding hydrogens is 1060 g/mol. The van der Waals surface area contributed by atoms with E-state index in [1.165, 1.54) is 31.2 Å². The Bertz CT molecular complexity index is 3050. The molecule has 0 unspecified atom stereocenters. The third kappa shape index (κ3) is 18.9. The van der Waals surface area contributed by atoms with Crippen LogP contribution < -0.4 is 60.2 Å². The Morgan fingerprint density at radius 1 is 0.512 bits per heavy atom. The molecule has 2 aromatic heterocycles. The number of fused-ring (bicyclic) bond motifs is 2. The average molecular weight is 1140 g/mol. The van der Waals surface area contributed by atoms with E-state index in [9.17, 15) is 63.3 Å². The molecule has 20 N–H and O–H groups in total. The number of primary amides is 2. The SMILES string of the molecule is CC(C)[C@H](NC(=O)[C@H](CCC(N)=O)NC(=O)[C@H](Cc1c[nH]c2ccccc12)NC(=O)[C@H](Cc1ccc(O)cc1)NC(=O)[C@H](CCC(N)=O)NC(=O)[C@H](Cc1c[nH]c2ccccc12)NC(=O)[C@@H](NC(=O)[C@@H](N)CCCCN)[C@@H](C)O)C(=O)O. The standard InChI is InChI=1S/C56H75N13O13/c1-29(2)47(56(81)82)68-51(76)41(20-22-46(60)73)64-53(78)43(25-32-27-61-38-13-6-4-10-35(32)38)66-52(77)42(24-31-15-17-34(71)18-16-31)65-50(75)40(19-21-45(59)72)63-54(79)44(26-33-28-62-39-14-7-5-11-36(33)39)67-55(80)48(30(3)70)69-49(74)37(58)12-8-9-23-57/h4-7,10-11,13-18,27-30,37,40-44,47-48,61-62,70-71H,8-9,12,19-26,57-58H2,1-3H3,(H2,59,72)(H2,60,73)(H,63,79)(H,64,78)(H,65,75)(H,66,77)(H,67,80)(H,68,76)(H,69,74)(H,81,82)/t30-,37+,40+,41+,42+,43+,44+,47+,48+/m1/s1. The first kappa shape index (κ1) is 63.9. The molecule has 5 rings (SSSR count). The van der Waals surface area contributed by atoms with Gasteiger partial charge < -0.3 is 85.4 Å². The summed E-state index contributed by atoms with van der Waals surface area (Å²) < 4.78 is 0. The van der Waals surface area contributed by atoms with Crippen LogP contribution in [0.4, 0.5) is 0 Å². The summed E-state index contributed by atoms with van der Waals surface area (Å²) in [5.41, 5.74) is 25.4. The lowest BCUT2D eigenvalue weighted by Gasteiger charge is -2.28. The highest BCUT2D eigenvalue weighted by Gasteiger charge is 2.36. The number of para-hydroxylation sites is 2. The Balaban J connectivity index is 1.49. The summed E-state index contributed by atoms with van der Waals surface area (Å²) in [5.74, 6) is -10.5. The minimum Gasteiger partial charge on any atom is -0.508 e. The second kappa shape index (κ2) is 30.6. The van der Waals surface area contributed by atoms with Gasteiger partial charge in [0.1, 0.15) is 48.0 Å². The van der Waals surface area contributed by atoms with Gasteiger partial charge in [-0.2, -0.15) is 0 Å². The number of aliphatic carboxylic acids is 1. The van der Waals surface area contributed by atoms with Crippen molar-refractivity contribution >= 4 is 80.9 Å². The van der Waals surface area contributed by atoms with E-state index in [0.29, 0.717) is 57.9 Å². The maximum atomic E-state index is 14.9. The number of aromatic amines is 2. The summed E-state index contributed by atoms with van der Waals surface area (Å²) in [7, 11) is 0. The fraction of sp³-hybridized carbons (Fsp3) is 0.429. The van der Waals surface area contributed by atoms with Crippen molar-refractivity contribution in [2.45, 2.75) is 139 Å². The number of unbranched alkanes of at least 4 members (excludes halogenated alkanes) is 1. The number of phenolic OH excluding ortho intramolecular Hbond substituents is 1. The molecule has 0 spiro atoms. The molecule has 2 heterocycles. The largest absolute Gasteiger partial charge is 0.508 e. The smallest absolute Gasteiger partial charge is 0.326 e. The number of hydrogen-bond donors (Lipinski definition) is 16. The lowest BCUT2D eigenvalue weighted by atomic mass is 10.00. The number of carboxylic acid groups (broad SMARTS) is 1. The Hall–Kier alpha value is -8.88. The number of nitrogens with one attached hydrogen (secondary N) is 9. The summed E-state index contributed by atoms with van der Waals surface area (Å²) in [6.45, 7) is 4.72. The monoisotopic (exact) mass is 1140 g/mol. The van der Waals surface area contributed by atoms with Crippen molar-refractivity contribution in [1.82, 2.24) is 47.2 Å². The van der Waals surface area contributed by atoms with Crippen LogP contribution in [0.2, 0.25) is 0 Å². The van der Waals surface area contributed by atoms with Crippen LogP contribution in [-0.2, 0) is 67.2 Å². The molecule has 0 aliphatic heterocycles. The highest BCUT2D eigenvalue weighted by molar-refractivity contribution is 5.99. The van der Waals surface area contributed by atoms with Crippen LogP contribution in [0.25, 0.3) is 21.8 Å². The Morgan fingerprint density at radius 3 is 1.37 bits per heavy atom. The molecule has 26 heteroatoms. The summed E-state index contributed by atoms with van der Waals surface area (Å²) in [5, 5.41) is 50.0. The average Bonchev–Trinajstić information content (AvgIpc) is 4.17. The molecule has 5 aromatic rings. The summed E-state index contributed by atoms with van der Waals surface area (Å²) in [4.78, 5) is 142. The lowest BCUT2D eigenvalue weighted by molar-refractivity contribution is -0.143. The summed E-state index contributed by atoms with van der Waals surface area (Å²) in [6, 6.07) is 7.73. The summed E-state index contributed by atoms with van der Waals surface area (Å²) >= 11 is 0. The minimum absolute atomic E-state index is 0.130. The van der Waals surface area contributed by atoms with Gasteiger partial charge in [-0.05, 0) is 86.0 Å². The zero-order valence-electron chi connectivity index (χ0n) is 45.9. The van der Waals surface area contributed by atoms with Crippen LogP contribution in [0, 0.1) is 5.92 Å². The third-order valence-corrected chi connectivity index (χ3v) is 13.7. The van der Waals surface area contributed by atoms with Gasteiger partial charge in [0.2, 0.25) is 53.2 Å². The van der Waals surface area contributed by atoms with Gasteiger partial charge in [0.05, 0.1) is 12.1 Å². The van der Waals surface area contributed by atoms with Crippen LogP contribution >= 0.6 is 0 Å². The van der Waals surface area contributed by atoms with Crippen molar-refractivity contribution < 1.29 is 63.3 Å². The van der Waals surface area contributed by atoms with Gasteiger partial charge in [0.25, 0.3) is 0 Å². The Kier molecular flexibility index (Phi) is 23.9. The van der Waals surface area contributed by atoms with E-state index in [4.69, 9.17) is 22.9 Å². The number of aromatic nitrogens is 2. The molecule has 0 aliphatic carbocycles. The highest BCUT2D eigenvalue weighted by atomic mass is 16.4. The van der Waals surface area contributed by atoms with Crippen molar-refractivity contribution in [3.8, 4) is 5.75 Å². The minimum atomic E-state index is -1.66. The van der Waals surface area contributed by atoms with Crippen molar-refractivity contribution in [3.05, 3.63) is 102 Å². The van der Waals surface area contributed by atoms with Gasteiger partial charge in [0.15, 0.2) is 0 Å². The molecule has 0 radical (unpaired) electrons. The number of H-pyrrole nitrogens is 2. The molecule has 82 heavy (non-hydrogen) atoms. The topological polar surface area (TPSA) is 451 Å². The molecule has 0 bridgehead atoms. The first-order chi connectivity index (χ1) is 38.9. The van der Waals surface area contributed by atoms with Gasteiger partial charge in [-0.1, -0.05) is 68.8 Å². The van der Waals surface area contributed by atoms with Gasteiger partial charge in [0, 0.05) is 66.3 Å². The zero-order chi connectivity index (χ0) is 60.2. The number of carboxylic acids is 1. The summed E-state index contributed by atoms with van der Waals surface area (Å²) in [6.07, 6.45) is 0.582. The fourth-order valence-electron chi connectivity index (χ4n) is 9.07. The number of aliphatic hydroxyl groups is 1. The maximum Gasteiger partial charge on any atom is 0.326 e. The number of amides is 9. The second-order valence-electron chi connectivity index (χ2n) is 20.5. The highest BCUT2D eigenvalue weighted by Crippen LogP contribution is 2.22. The van der Waals surface area contributed by atoms with Gasteiger partial charge in [-0.3, -0.25) is 43.2 Å². The van der Waals surface area contributed by atoms with Crippen molar-refractivity contribution in [3.63, 3.8) is 0 Å². The first-order valence-corrected chi connectivity index (χ1v) is 26.9. The number of carbonyl (C=O) groups excluding carboxylic acids is 9. The lowest BCUT2D eigenvalue weighted by Crippen LogP contribution is -2.61. The van der Waals surface area contributed by atoms with E-state index < -0.39 is 139 Å². The molecule has 442 valence electrons. The van der Waals surface area contributed by atoms with Crippen LogP contribution in [0.3, 0.4) is 0 Å². The number of rotatable bonds is 33. The van der Waals surface area contributed by atoms with Gasteiger partial charge >= 0.3 is 5.97 Å². The predicted molar refractivity (Wildman–Crippen MR) is 301 cm³/mol. The van der Waals surface area contributed by atoms with Crippen LogP contribution in [-0.4, -0.2) is 145 Å². The van der Waals surface area contributed by atoms with Crippen LogP contribution in [0.5, 0.6) is 5.75 Å². The molecule has 0 aliphatic rings. The molecule has 9 atom stereocenters. The molecule has 3 aromatic carbocycles. The maximum absolute atomic E-state index is 14.9. The third-order valence-electron chi connectivity index (χ3n) is 13.7. The molecule has 0 saturated carbocycles. The van der Waals surface area contributed by atoms with Crippen molar-refractivity contribution in [2.75, 3.05) is 6.54 Å². The van der Waals surface area contributed by atoms with Gasteiger partial charge in [-0.15, -0.1) is 0 Å². The van der Waals surface area contributed by atoms with Crippen molar-refractivity contribution in [1.29, 1.82) is 0 Å². The molecule has 0 fully saturated rings. The first-order valence-electron chi connectivity index (χ1n) is 26.9. The number of aromatic hydroxyl groups is 1. The zero-order valence-corrected chi connectivity index (χ0v) is 45.9. The number of nitrogens with two attached hydrogens (primary N) is 4. The van der Waals surface area contributed by atoms with E-state index in [1.807, 2.05) is 0 Å². The van der Waals surface area contributed by atoms with Crippen LogP contribution in [0.15, 0.2) is 85.2 Å². The number of benzene rings is 3. The molecule has 0 saturated heterocycles. The predicted octanol–water partition coefficient (Wildman–Crippen LogP) is -1.12. The number of carbonyl (C=O) groups is 10. The van der Waals surface area contributed by atoms with Crippen molar-refractivity contribution in [2.24, 2.45) is 28.9 Å². The molecular formula is C56H75N13O13. The van der Waals surface area contributed by atoms with Gasteiger partial charge in [-0.25, -0.2) is 4.79 Å². The number of hydrogen-bond acceptors (Lipinski definition) is 14. The molecule has 26 nitrogen and oxygen atoms in total. The number of phenols is 1. The second-order valence-corrected chi connectivity index (χ2v) is 20.5. The number of aliphatic hydroxyl groups excluding tert-OH is 1. The van der Waals surface area contributed by atoms with E-state index in [-0.39, 0.29) is 37.9 Å². The Labute approximate surface area is 472 Å². The van der Waals surface area contributed by atoms with E-state index >= 15 is 0 Å². The van der Waals surface area contributed by atoms with E-state index in [1.54, 1.807) is 74.8 Å².